The van der Waals surface area contributed by atoms with Crippen molar-refractivity contribution in [3.8, 4) is 5.75 Å². The molecule has 0 spiro atoms. The first kappa shape index (κ1) is 12.1. The predicted molar refractivity (Wildman–Crippen MR) is 64.4 cm³/mol. The van der Waals surface area contributed by atoms with E-state index in [9.17, 15) is 0 Å². The van der Waals surface area contributed by atoms with Gasteiger partial charge in [-0.05, 0) is 50.1 Å². The minimum atomic E-state index is 0.413. The molecule has 84 valence electrons. The third-order valence-corrected chi connectivity index (χ3v) is 2.64. The first-order valence-corrected chi connectivity index (χ1v) is 5.57. The molecule has 0 bridgehead atoms. The molecule has 1 aromatic rings. The molecule has 15 heavy (non-hydrogen) atoms. The Morgan fingerprint density at radius 3 is 2.67 bits per heavy atom. The summed E-state index contributed by atoms with van der Waals surface area (Å²) in [5.41, 5.74) is 2.63. The number of hydrogen-bond acceptors (Lipinski definition) is 2. The average Bonchev–Trinajstić information content (AvgIpc) is 2.25. The highest BCUT2D eigenvalue weighted by Gasteiger charge is 2.07. The van der Waals surface area contributed by atoms with Gasteiger partial charge in [0, 0.05) is 6.04 Å². The van der Waals surface area contributed by atoms with Crippen molar-refractivity contribution >= 4 is 0 Å². The molecular weight excluding hydrogens is 186 g/mol. The Morgan fingerprint density at radius 1 is 1.40 bits per heavy atom. The first-order chi connectivity index (χ1) is 7.19. The summed E-state index contributed by atoms with van der Waals surface area (Å²) >= 11 is 0. The van der Waals surface area contributed by atoms with Gasteiger partial charge in [0.25, 0.3) is 0 Å². The Balaban J connectivity index is 2.76. The van der Waals surface area contributed by atoms with Crippen LogP contribution in [-0.2, 0) is 0 Å². The third-order valence-electron chi connectivity index (χ3n) is 2.64. The fourth-order valence-corrected chi connectivity index (χ4v) is 1.73. The highest BCUT2D eigenvalue weighted by atomic mass is 16.5. The zero-order valence-corrected chi connectivity index (χ0v) is 10.1. The van der Waals surface area contributed by atoms with Crippen LogP contribution in [-0.4, -0.2) is 13.7 Å². The summed E-state index contributed by atoms with van der Waals surface area (Å²) in [6.07, 6.45) is 1.17. The SMILES string of the molecule is CCCNC(C)c1ccc(OC)cc1C. The first-order valence-electron chi connectivity index (χ1n) is 5.57. The molecule has 0 aromatic heterocycles. The van der Waals surface area contributed by atoms with E-state index in [1.165, 1.54) is 17.5 Å². The molecule has 1 atom stereocenters. The van der Waals surface area contributed by atoms with Crippen LogP contribution in [0.15, 0.2) is 18.2 Å². The van der Waals surface area contributed by atoms with Crippen molar-refractivity contribution in [3.05, 3.63) is 29.3 Å². The molecular formula is C13H21NO. The van der Waals surface area contributed by atoms with E-state index in [1.54, 1.807) is 7.11 Å². The van der Waals surface area contributed by atoms with Gasteiger partial charge in [-0.3, -0.25) is 0 Å². The Hall–Kier alpha value is -1.02. The number of methoxy groups -OCH3 is 1. The van der Waals surface area contributed by atoms with E-state index in [2.05, 4.69) is 38.2 Å². The van der Waals surface area contributed by atoms with Crippen molar-refractivity contribution in [2.45, 2.75) is 33.2 Å². The number of aryl methyl sites for hydroxylation is 1. The van der Waals surface area contributed by atoms with Crippen LogP contribution in [0.4, 0.5) is 0 Å². The van der Waals surface area contributed by atoms with Crippen molar-refractivity contribution in [3.63, 3.8) is 0 Å². The Morgan fingerprint density at radius 2 is 2.13 bits per heavy atom. The van der Waals surface area contributed by atoms with E-state index in [0.29, 0.717) is 6.04 Å². The van der Waals surface area contributed by atoms with Crippen molar-refractivity contribution in [2.75, 3.05) is 13.7 Å². The minimum Gasteiger partial charge on any atom is -0.497 e. The van der Waals surface area contributed by atoms with Gasteiger partial charge in [0.05, 0.1) is 7.11 Å². The fourth-order valence-electron chi connectivity index (χ4n) is 1.73. The normalized spacial score (nSPS) is 12.5. The topological polar surface area (TPSA) is 21.3 Å². The maximum atomic E-state index is 5.19. The van der Waals surface area contributed by atoms with Gasteiger partial charge in [-0.2, -0.15) is 0 Å². The lowest BCUT2D eigenvalue weighted by atomic mass is 10.0. The molecule has 1 rings (SSSR count). The van der Waals surface area contributed by atoms with Gasteiger partial charge < -0.3 is 10.1 Å². The Bertz CT molecular complexity index is 309. The molecule has 1 N–H and O–H groups in total. The van der Waals surface area contributed by atoms with Crippen LogP contribution in [0.25, 0.3) is 0 Å². The van der Waals surface area contributed by atoms with Crippen molar-refractivity contribution < 1.29 is 4.74 Å². The standard InChI is InChI=1S/C13H21NO/c1-5-8-14-11(3)13-7-6-12(15-4)9-10(13)2/h6-7,9,11,14H,5,8H2,1-4H3. The molecule has 0 radical (unpaired) electrons. The summed E-state index contributed by atoms with van der Waals surface area (Å²) in [7, 11) is 1.70. The van der Waals surface area contributed by atoms with Crippen LogP contribution in [0.1, 0.15) is 37.4 Å². The molecule has 0 fully saturated rings. The lowest BCUT2D eigenvalue weighted by Gasteiger charge is -2.16. The lowest BCUT2D eigenvalue weighted by Crippen LogP contribution is -2.19. The molecule has 0 saturated carbocycles. The predicted octanol–water partition coefficient (Wildman–Crippen LogP) is 3.06. The van der Waals surface area contributed by atoms with E-state index in [0.717, 1.165) is 12.3 Å². The molecule has 0 aliphatic heterocycles. The monoisotopic (exact) mass is 207 g/mol. The summed E-state index contributed by atoms with van der Waals surface area (Å²) < 4.78 is 5.19. The number of ether oxygens (including phenoxy) is 1. The summed E-state index contributed by atoms with van der Waals surface area (Å²) in [6, 6.07) is 6.66. The van der Waals surface area contributed by atoms with Crippen LogP contribution in [0, 0.1) is 6.92 Å². The number of rotatable bonds is 5. The van der Waals surface area contributed by atoms with E-state index in [1.807, 2.05) is 6.07 Å². The zero-order valence-electron chi connectivity index (χ0n) is 10.1. The largest absolute Gasteiger partial charge is 0.497 e. The number of hydrogen-bond donors (Lipinski definition) is 1. The summed E-state index contributed by atoms with van der Waals surface area (Å²) in [6.45, 7) is 7.57. The van der Waals surface area contributed by atoms with Crippen LogP contribution in [0.2, 0.25) is 0 Å². The van der Waals surface area contributed by atoms with Gasteiger partial charge in [0.1, 0.15) is 5.75 Å². The van der Waals surface area contributed by atoms with Crippen molar-refractivity contribution in [1.82, 2.24) is 5.32 Å². The molecule has 0 aliphatic rings. The van der Waals surface area contributed by atoms with Crippen molar-refractivity contribution in [2.24, 2.45) is 0 Å². The molecule has 0 heterocycles. The minimum absolute atomic E-state index is 0.413. The second-order valence-corrected chi connectivity index (χ2v) is 3.90. The summed E-state index contributed by atoms with van der Waals surface area (Å²) in [5.74, 6) is 0.930. The summed E-state index contributed by atoms with van der Waals surface area (Å²) in [4.78, 5) is 0. The smallest absolute Gasteiger partial charge is 0.119 e. The van der Waals surface area contributed by atoms with Gasteiger partial charge in [0.2, 0.25) is 0 Å². The fraction of sp³-hybridized carbons (Fsp3) is 0.538. The maximum Gasteiger partial charge on any atom is 0.119 e. The van der Waals surface area contributed by atoms with Gasteiger partial charge in [-0.25, -0.2) is 0 Å². The molecule has 2 nitrogen and oxygen atoms in total. The van der Waals surface area contributed by atoms with E-state index in [4.69, 9.17) is 4.74 Å². The van der Waals surface area contributed by atoms with Crippen LogP contribution in [0.5, 0.6) is 5.75 Å². The quantitative estimate of drug-likeness (QED) is 0.801. The number of nitrogens with one attached hydrogen (secondary N) is 1. The third kappa shape index (κ3) is 3.24. The zero-order chi connectivity index (χ0) is 11.3. The molecule has 1 aromatic carbocycles. The second-order valence-electron chi connectivity index (χ2n) is 3.90. The van der Waals surface area contributed by atoms with Gasteiger partial charge in [-0.15, -0.1) is 0 Å². The van der Waals surface area contributed by atoms with Gasteiger partial charge in [0.15, 0.2) is 0 Å². The molecule has 1 unspecified atom stereocenters. The Labute approximate surface area is 92.6 Å². The van der Waals surface area contributed by atoms with E-state index in [-0.39, 0.29) is 0 Å². The molecule has 0 saturated heterocycles. The maximum absolute atomic E-state index is 5.19. The van der Waals surface area contributed by atoms with Gasteiger partial charge >= 0.3 is 0 Å². The molecule has 0 amide bonds. The van der Waals surface area contributed by atoms with E-state index < -0.39 is 0 Å². The van der Waals surface area contributed by atoms with Gasteiger partial charge in [-0.1, -0.05) is 13.0 Å². The van der Waals surface area contributed by atoms with E-state index >= 15 is 0 Å². The highest BCUT2D eigenvalue weighted by Crippen LogP contribution is 2.22. The lowest BCUT2D eigenvalue weighted by molar-refractivity contribution is 0.414. The Kier molecular flexibility index (Phi) is 4.63. The summed E-state index contributed by atoms with van der Waals surface area (Å²) in [5, 5.41) is 3.49. The second kappa shape index (κ2) is 5.76. The van der Waals surface area contributed by atoms with Crippen LogP contribution in [0.3, 0.4) is 0 Å². The number of benzene rings is 1. The molecule has 0 aliphatic carbocycles. The molecule has 2 heteroatoms. The van der Waals surface area contributed by atoms with Crippen LogP contribution >= 0.6 is 0 Å². The van der Waals surface area contributed by atoms with Crippen molar-refractivity contribution in [1.29, 1.82) is 0 Å². The highest BCUT2D eigenvalue weighted by molar-refractivity contribution is 5.36. The van der Waals surface area contributed by atoms with Crippen LogP contribution < -0.4 is 10.1 Å². The average molecular weight is 207 g/mol.